The molecule has 164 valence electrons. The molecule has 3 heterocycles. The van der Waals surface area contributed by atoms with E-state index in [2.05, 4.69) is 30.7 Å². The first-order chi connectivity index (χ1) is 15.5. The molecule has 10 nitrogen and oxygen atoms in total. The molecule has 0 fully saturated rings. The topological polar surface area (TPSA) is 131 Å². The zero-order chi connectivity index (χ0) is 22.5. The highest BCUT2D eigenvalue weighted by Crippen LogP contribution is 2.22. The van der Waals surface area contributed by atoms with Crippen molar-refractivity contribution in [2.24, 2.45) is 7.05 Å². The van der Waals surface area contributed by atoms with E-state index in [1.165, 1.54) is 6.26 Å². The van der Waals surface area contributed by atoms with Crippen molar-refractivity contribution in [3.8, 4) is 11.4 Å². The van der Waals surface area contributed by atoms with Crippen LogP contribution in [0.4, 0.5) is 11.8 Å². The summed E-state index contributed by atoms with van der Waals surface area (Å²) in [7, 11) is 1.80. The first-order valence-electron chi connectivity index (χ1n) is 10.0. The van der Waals surface area contributed by atoms with Gasteiger partial charge < -0.3 is 20.2 Å². The number of nitrogens with zero attached hydrogens (tertiary/aromatic N) is 5. The minimum absolute atomic E-state index is 0.106. The van der Waals surface area contributed by atoms with Crippen molar-refractivity contribution in [2.75, 3.05) is 11.9 Å². The summed E-state index contributed by atoms with van der Waals surface area (Å²) in [6.45, 7) is 1.64. The van der Waals surface area contributed by atoms with E-state index in [0.717, 1.165) is 16.9 Å². The number of anilines is 2. The monoisotopic (exact) mass is 433 g/mol. The van der Waals surface area contributed by atoms with Gasteiger partial charge in [0, 0.05) is 19.3 Å². The number of nitrogens with one attached hydrogen (secondary N) is 2. The molecular formula is C22H23N7O3. The molecular weight excluding hydrogens is 410 g/mol. The lowest BCUT2D eigenvalue weighted by Gasteiger charge is -2.15. The molecule has 3 N–H and O–H groups in total. The van der Waals surface area contributed by atoms with E-state index in [0.29, 0.717) is 23.8 Å². The molecule has 0 spiro atoms. The third kappa shape index (κ3) is 4.81. The van der Waals surface area contributed by atoms with Crippen LogP contribution in [-0.2, 0) is 13.5 Å². The molecule has 10 heteroatoms. The van der Waals surface area contributed by atoms with Crippen molar-refractivity contribution in [1.82, 2.24) is 30.0 Å². The lowest BCUT2D eigenvalue weighted by atomic mass is 10.1. The number of benzene rings is 1. The number of aromatic nitrogens is 5. The van der Waals surface area contributed by atoms with Crippen LogP contribution in [0.15, 0.2) is 59.5 Å². The van der Waals surface area contributed by atoms with Crippen LogP contribution < -0.4 is 10.6 Å². The van der Waals surface area contributed by atoms with Crippen LogP contribution in [0.5, 0.6) is 0 Å². The Hall–Kier alpha value is -4.05. The van der Waals surface area contributed by atoms with Crippen molar-refractivity contribution >= 4 is 17.7 Å². The standard InChI is InChI=1S/C22H23N7O3/c1-14-11-23-22(27-18-8-9-24-29(18)2)28-19(14)17-13-32-21(26-17)20(31)25-16(12-30)10-15-6-4-3-5-7-15/h3-9,11,13,16,30H,10,12H2,1-2H3,(H,25,31)(H,23,27,28)/t16-/m0/s1. The molecule has 1 amide bonds. The molecule has 4 aromatic rings. The van der Waals surface area contributed by atoms with Crippen molar-refractivity contribution in [3.05, 3.63) is 72.1 Å². The Morgan fingerprint density at radius 1 is 1.22 bits per heavy atom. The number of rotatable bonds is 8. The number of carbonyl (C=O) groups excluding carboxylic acids is 1. The fourth-order valence-electron chi connectivity index (χ4n) is 3.17. The molecule has 0 aliphatic carbocycles. The number of carbonyl (C=O) groups is 1. The number of hydrogen-bond donors (Lipinski definition) is 3. The van der Waals surface area contributed by atoms with Crippen molar-refractivity contribution < 1.29 is 14.3 Å². The number of oxazole rings is 1. The van der Waals surface area contributed by atoms with Crippen LogP contribution in [0.2, 0.25) is 0 Å². The van der Waals surface area contributed by atoms with Crippen LogP contribution in [0, 0.1) is 6.92 Å². The van der Waals surface area contributed by atoms with Gasteiger partial charge in [0.2, 0.25) is 5.95 Å². The highest BCUT2D eigenvalue weighted by molar-refractivity contribution is 5.90. The summed E-state index contributed by atoms with van der Waals surface area (Å²) in [5.41, 5.74) is 2.73. The number of hydrogen-bond acceptors (Lipinski definition) is 8. The van der Waals surface area contributed by atoms with Crippen molar-refractivity contribution in [1.29, 1.82) is 0 Å². The van der Waals surface area contributed by atoms with E-state index < -0.39 is 11.9 Å². The van der Waals surface area contributed by atoms with Gasteiger partial charge in [0.25, 0.3) is 5.89 Å². The summed E-state index contributed by atoms with van der Waals surface area (Å²) in [5, 5.41) is 19.6. The van der Waals surface area contributed by atoms with Gasteiger partial charge in [0.15, 0.2) is 0 Å². The molecule has 1 atom stereocenters. The van der Waals surface area contributed by atoms with Crippen LogP contribution >= 0.6 is 0 Å². The van der Waals surface area contributed by atoms with E-state index in [1.807, 2.05) is 37.3 Å². The minimum Gasteiger partial charge on any atom is -0.440 e. The Bertz CT molecular complexity index is 1200. The third-order valence-electron chi connectivity index (χ3n) is 4.85. The third-order valence-corrected chi connectivity index (χ3v) is 4.85. The van der Waals surface area contributed by atoms with E-state index in [-0.39, 0.29) is 12.5 Å². The Labute approximate surface area is 184 Å². The van der Waals surface area contributed by atoms with Crippen molar-refractivity contribution in [3.63, 3.8) is 0 Å². The quantitative estimate of drug-likeness (QED) is 0.386. The van der Waals surface area contributed by atoms with E-state index >= 15 is 0 Å². The fraction of sp³-hybridized carbons (Fsp3) is 0.227. The van der Waals surface area contributed by atoms with Gasteiger partial charge in [-0.2, -0.15) is 5.10 Å². The predicted molar refractivity (Wildman–Crippen MR) is 117 cm³/mol. The average molecular weight is 433 g/mol. The second-order valence-electron chi connectivity index (χ2n) is 7.27. The molecule has 3 aromatic heterocycles. The fourth-order valence-corrected chi connectivity index (χ4v) is 3.17. The van der Waals surface area contributed by atoms with Gasteiger partial charge in [-0.25, -0.2) is 15.0 Å². The Morgan fingerprint density at radius 3 is 2.75 bits per heavy atom. The molecule has 1 aromatic carbocycles. The average Bonchev–Trinajstić information content (AvgIpc) is 3.45. The SMILES string of the molecule is Cc1cnc(Nc2ccnn2C)nc1-c1coc(C(=O)N[C@H](CO)Cc2ccccc2)n1. The molecule has 32 heavy (non-hydrogen) atoms. The molecule has 0 aliphatic heterocycles. The molecule has 4 rings (SSSR count). The number of amides is 1. The molecule has 0 saturated carbocycles. The molecule has 0 aliphatic rings. The van der Waals surface area contributed by atoms with Gasteiger partial charge in [0.05, 0.1) is 18.8 Å². The van der Waals surface area contributed by atoms with Gasteiger partial charge >= 0.3 is 5.91 Å². The summed E-state index contributed by atoms with van der Waals surface area (Å²) in [4.78, 5) is 25.7. The van der Waals surface area contributed by atoms with Gasteiger partial charge in [-0.1, -0.05) is 30.3 Å². The number of aliphatic hydroxyl groups excluding tert-OH is 1. The highest BCUT2D eigenvalue weighted by atomic mass is 16.4. The van der Waals surface area contributed by atoms with Crippen LogP contribution in [0.3, 0.4) is 0 Å². The molecule has 0 bridgehead atoms. The smallest absolute Gasteiger partial charge is 0.307 e. The summed E-state index contributed by atoms with van der Waals surface area (Å²) in [5.74, 6) is 0.483. The Kier molecular flexibility index (Phi) is 6.22. The predicted octanol–water partition coefficient (Wildman–Crippen LogP) is 2.25. The highest BCUT2D eigenvalue weighted by Gasteiger charge is 2.20. The lowest BCUT2D eigenvalue weighted by molar-refractivity contribution is 0.0881. The minimum atomic E-state index is -0.508. The number of aliphatic hydroxyl groups is 1. The first-order valence-corrected chi connectivity index (χ1v) is 10.0. The molecule has 0 unspecified atom stereocenters. The van der Waals surface area contributed by atoms with E-state index in [4.69, 9.17) is 4.42 Å². The lowest BCUT2D eigenvalue weighted by Crippen LogP contribution is -2.39. The molecule has 0 saturated heterocycles. The zero-order valence-electron chi connectivity index (χ0n) is 17.7. The maximum absolute atomic E-state index is 12.6. The van der Waals surface area contributed by atoms with Gasteiger partial charge in [-0.05, 0) is 24.5 Å². The number of aryl methyl sites for hydroxylation is 2. The maximum Gasteiger partial charge on any atom is 0.307 e. The van der Waals surface area contributed by atoms with E-state index in [9.17, 15) is 9.90 Å². The normalized spacial score (nSPS) is 11.8. The maximum atomic E-state index is 12.6. The summed E-state index contributed by atoms with van der Waals surface area (Å²) in [6, 6.07) is 10.9. The second kappa shape index (κ2) is 9.40. The van der Waals surface area contributed by atoms with Crippen LogP contribution in [0.1, 0.15) is 21.8 Å². The van der Waals surface area contributed by atoms with Crippen LogP contribution in [-0.4, -0.2) is 48.4 Å². The van der Waals surface area contributed by atoms with Gasteiger partial charge in [-0.3, -0.25) is 9.48 Å². The Morgan fingerprint density at radius 2 is 2.03 bits per heavy atom. The molecule has 0 radical (unpaired) electrons. The summed E-state index contributed by atoms with van der Waals surface area (Å²) in [6.07, 6.45) is 5.20. The first kappa shape index (κ1) is 21.2. The second-order valence-corrected chi connectivity index (χ2v) is 7.27. The summed E-state index contributed by atoms with van der Waals surface area (Å²) < 4.78 is 7.06. The van der Waals surface area contributed by atoms with E-state index in [1.54, 1.807) is 30.2 Å². The Balaban J connectivity index is 1.48. The van der Waals surface area contributed by atoms with Crippen LogP contribution in [0.25, 0.3) is 11.4 Å². The zero-order valence-corrected chi connectivity index (χ0v) is 17.7. The summed E-state index contributed by atoms with van der Waals surface area (Å²) >= 11 is 0. The van der Waals surface area contributed by atoms with Gasteiger partial charge in [-0.15, -0.1) is 0 Å². The van der Waals surface area contributed by atoms with Gasteiger partial charge in [0.1, 0.15) is 23.5 Å². The largest absolute Gasteiger partial charge is 0.440 e. The van der Waals surface area contributed by atoms with Crippen molar-refractivity contribution in [2.45, 2.75) is 19.4 Å².